The molecule has 2 N–H and O–H groups in total. The van der Waals surface area contributed by atoms with Gasteiger partial charge in [-0.2, -0.15) is 20.5 Å². The summed E-state index contributed by atoms with van der Waals surface area (Å²) >= 11 is 12.9. The summed E-state index contributed by atoms with van der Waals surface area (Å²) in [7, 11) is 3.06. The Morgan fingerprint density at radius 3 is 1.23 bits per heavy atom. The van der Waals surface area contributed by atoms with E-state index in [0.717, 1.165) is 0 Å². The molecule has 2 amide bonds. The lowest BCUT2D eigenvalue weighted by Crippen LogP contribution is -2.31. The second kappa shape index (κ2) is 16.4. The van der Waals surface area contributed by atoms with Crippen LogP contribution in [0.3, 0.4) is 0 Å². The largest absolute Gasteiger partial charge is 0.497 e. The third-order valence-electron chi connectivity index (χ3n) is 6.77. The molecule has 4 rings (SSSR count). The highest BCUT2D eigenvalue weighted by Gasteiger charge is 2.24. The molecular formula is C34H30Cl2N6O6. The van der Waals surface area contributed by atoms with Crippen molar-refractivity contribution in [2.45, 2.75) is 25.9 Å². The molecule has 0 aromatic heterocycles. The maximum absolute atomic E-state index is 12.7. The number of amides is 2. The highest BCUT2D eigenvalue weighted by Crippen LogP contribution is 2.35. The number of Topliss-reactive ketones (excluding diaryl/α,β-unsaturated/α-hetero) is 2. The number of benzene rings is 4. The van der Waals surface area contributed by atoms with Crippen LogP contribution in [0.25, 0.3) is 11.1 Å². The van der Waals surface area contributed by atoms with E-state index in [4.69, 9.17) is 32.7 Å². The van der Waals surface area contributed by atoms with Gasteiger partial charge in [-0.3, -0.25) is 19.2 Å². The molecule has 0 saturated heterocycles. The lowest BCUT2D eigenvalue weighted by molar-refractivity contribution is -0.127. The summed E-state index contributed by atoms with van der Waals surface area (Å²) in [4.78, 5) is 49.9. The fourth-order valence-corrected chi connectivity index (χ4v) is 4.62. The summed E-state index contributed by atoms with van der Waals surface area (Å²) in [6.07, 6.45) is 0. The van der Waals surface area contributed by atoms with Crippen molar-refractivity contribution in [2.75, 3.05) is 24.9 Å². The zero-order valence-corrected chi connectivity index (χ0v) is 27.7. The second-order valence-corrected chi connectivity index (χ2v) is 11.0. The molecular weight excluding hydrogens is 659 g/mol. The summed E-state index contributed by atoms with van der Waals surface area (Å²) in [6.45, 7) is 2.49. The minimum absolute atomic E-state index is 0.209. The molecule has 48 heavy (non-hydrogen) atoms. The number of hydrogen-bond acceptors (Lipinski definition) is 10. The predicted octanol–water partition coefficient (Wildman–Crippen LogP) is 8.04. The number of anilines is 2. The van der Waals surface area contributed by atoms with Crippen LogP contribution in [0.15, 0.2) is 105 Å². The number of nitrogens with zero attached hydrogens (tertiary/aromatic N) is 4. The van der Waals surface area contributed by atoms with Crippen molar-refractivity contribution < 1.29 is 28.7 Å². The third kappa shape index (κ3) is 9.30. The SMILES string of the molecule is COc1ccc(NC(=O)C(/N=N/c2ccc(-c3ccc(/N=N/C(C(C)=O)C(=O)Nc4ccc(OC)cc4)c(Cl)c3)cc2Cl)C(C)=O)cc1. The minimum Gasteiger partial charge on any atom is -0.497 e. The maximum atomic E-state index is 12.7. The molecule has 0 bridgehead atoms. The Labute approximate surface area is 286 Å². The van der Waals surface area contributed by atoms with Crippen LogP contribution in [-0.2, 0) is 19.2 Å². The Hall–Kier alpha value is -5.46. The van der Waals surface area contributed by atoms with Crippen LogP contribution in [0.4, 0.5) is 22.7 Å². The monoisotopic (exact) mass is 688 g/mol. The minimum atomic E-state index is -1.39. The first-order valence-corrected chi connectivity index (χ1v) is 15.1. The Kier molecular flexibility index (Phi) is 12.1. The number of rotatable bonds is 13. The van der Waals surface area contributed by atoms with Crippen molar-refractivity contribution in [1.29, 1.82) is 0 Å². The van der Waals surface area contributed by atoms with Crippen LogP contribution >= 0.6 is 23.2 Å². The van der Waals surface area contributed by atoms with Crippen LogP contribution < -0.4 is 20.1 Å². The van der Waals surface area contributed by atoms with Crippen molar-refractivity contribution in [3.63, 3.8) is 0 Å². The third-order valence-corrected chi connectivity index (χ3v) is 7.38. The average molecular weight is 690 g/mol. The van der Waals surface area contributed by atoms with Gasteiger partial charge >= 0.3 is 0 Å². The molecule has 2 atom stereocenters. The van der Waals surface area contributed by atoms with Gasteiger partial charge in [0.1, 0.15) is 22.9 Å². The highest BCUT2D eigenvalue weighted by atomic mass is 35.5. The predicted molar refractivity (Wildman–Crippen MR) is 183 cm³/mol. The Morgan fingerprint density at radius 2 is 0.938 bits per heavy atom. The van der Waals surface area contributed by atoms with E-state index in [-0.39, 0.29) is 21.4 Å². The molecule has 0 fully saturated rings. The number of nitrogens with one attached hydrogen (secondary N) is 2. The van der Waals surface area contributed by atoms with Gasteiger partial charge in [-0.05, 0) is 97.8 Å². The first-order chi connectivity index (χ1) is 23.0. The average Bonchev–Trinajstić information content (AvgIpc) is 3.06. The van der Waals surface area contributed by atoms with Crippen LogP contribution in [-0.4, -0.2) is 49.7 Å². The molecule has 0 spiro atoms. The van der Waals surface area contributed by atoms with Crippen molar-refractivity contribution in [1.82, 2.24) is 0 Å². The van der Waals surface area contributed by atoms with E-state index in [2.05, 4.69) is 31.1 Å². The summed E-state index contributed by atoms with van der Waals surface area (Å²) in [5.74, 6) is -1.08. The van der Waals surface area contributed by atoms with Gasteiger partial charge in [0.25, 0.3) is 11.8 Å². The molecule has 0 heterocycles. The van der Waals surface area contributed by atoms with Crippen LogP contribution in [0.1, 0.15) is 13.8 Å². The summed E-state index contributed by atoms with van der Waals surface area (Å²) in [5, 5.41) is 21.7. The van der Waals surface area contributed by atoms with Gasteiger partial charge in [-0.15, -0.1) is 0 Å². The van der Waals surface area contributed by atoms with Crippen molar-refractivity contribution in [3.8, 4) is 22.6 Å². The molecule has 0 aliphatic carbocycles. The van der Waals surface area contributed by atoms with E-state index < -0.39 is 35.5 Å². The maximum Gasteiger partial charge on any atom is 0.258 e. The molecule has 4 aromatic rings. The number of hydrogen-bond donors (Lipinski definition) is 2. The Morgan fingerprint density at radius 1 is 0.583 bits per heavy atom. The van der Waals surface area contributed by atoms with Gasteiger partial charge < -0.3 is 20.1 Å². The van der Waals surface area contributed by atoms with E-state index in [1.54, 1.807) is 84.9 Å². The van der Waals surface area contributed by atoms with Crippen LogP contribution in [0.2, 0.25) is 10.0 Å². The summed E-state index contributed by atoms with van der Waals surface area (Å²) < 4.78 is 10.2. The molecule has 0 aliphatic rings. The number of azo groups is 2. The normalized spacial score (nSPS) is 12.4. The molecule has 4 aromatic carbocycles. The lowest BCUT2D eigenvalue weighted by atomic mass is 10.0. The van der Waals surface area contributed by atoms with Gasteiger partial charge in [0.2, 0.25) is 12.1 Å². The first-order valence-electron chi connectivity index (χ1n) is 14.3. The molecule has 12 nitrogen and oxygen atoms in total. The van der Waals surface area contributed by atoms with Crippen molar-refractivity contribution >= 4 is 69.3 Å². The van der Waals surface area contributed by atoms with E-state index in [9.17, 15) is 19.2 Å². The van der Waals surface area contributed by atoms with Gasteiger partial charge in [-0.25, -0.2) is 0 Å². The second-order valence-electron chi connectivity index (χ2n) is 10.2. The van der Waals surface area contributed by atoms with Gasteiger partial charge in [0.15, 0.2) is 11.6 Å². The van der Waals surface area contributed by atoms with Crippen molar-refractivity contribution in [3.05, 3.63) is 95.0 Å². The molecule has 0 saturated carbocycles. The number of halogens is 2. The number of ether oxygens (including phenoxy) is 2. The number of methoxy groups -OCH3 is 2. The van der Waals surface area contributed by atoms with Crippen LogP contribution in [0, 0.1) is 0 Å². The number of carbonyl (C=O) groups excluding carboxylic acids is 4. The van der Waals surface area contributed by atoms with Gasteiger partial charge in [0, 0.05) is 11.4 Å². The van der Waals surface area contributed by atoms with E-state index in [0.29, 0.717) is 34.0 Å². The molecule has 246 valence electrons. The van der Waals surface area contributed by atoms with Gasteiger partial charge in [-0.1, -0.05) is 35.3 Å². The fraction of sp³-hybridized carbons (Fsp3) is 0.176. The zero-order valence-electron chi connectivity index (χ0n) is 26.2. The Bertz CT molecular complexity index is 1740. The molecule has 0 aliphatic heterocycles. The zero-order chi connectivity index (χ0) is 34.8. The molecule has 14 heteroatoms. The van der Waals surface area contributed by atoms with E-state index in [1.807, 2.05) is 0 Å². The standard InChI is InChI=1S/C34H30Cl2N6O6/c1-19(43)31(33(45)37-23-7-11-25(47-3)12-8-23)41-39-29-15-5-21(17-27(29)35)22-6-16-30(28(36)18-22)40-42-32(20(2)44)34(46)38-24-9-13-26(48-4)14-10-24/h5-18,31-32H,1-4H3,(H,37,45)(H,38,46)/b41-39+,42-40+. The van der Waals surface area contributed by atoms with E-state index in [1.165, 1.54) is 28.1 Å². The Balaban J connectivity index is 1.45. The summed E-state index contributed by atoms with van der Waals surface area (Å²) in [6, 6.07) is 20.3. The van der Waals surface area contributed by atoms with Crippen LogP contribution in [0.5, 0.6) is 11.5 Å². The first kappa shape index (κ1) is 35.4. The fourth-order valence-electron chi connectivity index (χ4n) is 4.18. The molecule has 0 radical (unpaired) electrons. The highest BCUT2D eigenvalue weighted by molar-refractivity contribution is 6.34. The molecule has 2 unspecified atom stereocenters. The van der Waals surface area contributed by atoms with Crippen molar-refractivity contribution in [2.24, 2.45) is 20.5 Å². The number of ketones is 2. The topological polar surface area (TPSA) is 160 Å². The smallest absolute Gasteiger partial charge is 0.258 e. The number of carbonyl (C=O) groups is 4. The van der Waals surface area contributed by atoms with Gasteiger partial charge in [0.05, 0.1) is 24.3 Å². The summed E-state index contributed by atoms with van der Waals surface area (Å²) in [5.41, 5.74) is 2.75. The van der Waals surface area contributed by atoms with E-state index >= 15 is 0 Å². The quantitative estimate of drug-likeness (QED) is 0.107. The lowest BCUT2D eigenvalue weighted by Gasteiger charge is -2.11.